The molecule has 3 N–H and O–H groups in total. The highest BCUT2D eigenvalue weighted by molar-refractivity contribution is 6.30. The Hall–Kier alpha value is -2.27. The van der Waals surface area contributed by atoms with Gasteiger partial charge in [0.25, 0.3) is 5.56 Å². The third-order valence-electron chi connectivity index (χ3n) is 2.79. The predicted octanol–water partition coefficient (Wildman–Crippen LogP) is 2.38. The lowest BCUT2D eigenvalue weighted by molar-refractivity contribution is 0.0696. The zero-order valence-corrected chi connectivity index (χ0v) is 11.3. The molecule has 6 heteroatoms. The van der Waals surface area contributed by atoms with E-state index in [1.54, 1.807) is 6.07 Å². The van der Waals surface area contributed by atoms with Crippen molar-refractivity contribution in [2.75, 3.05) is 11.9 Å². The fraction of sp³-hybridized carbons (Fsp3) is 0.143. The van der Waals surface area contributed by atoms with Crippen LogP contribution in [0.2, 0.25) is 5.02 Å². The summed E-state index contributed by atoms with van der Waals surface area (Å²) in [5, 5.41) is 12.6. The standard InChI is InChI=1S/C14H13ClN2O3/c15-10-3-1-2-9(8-10)4-6-16-11-5-7-17-13(18)12(11)14(19)20/h1-3,5,7-8H,4,6H2,(H,19,20)(H2,16,17,18). The molecule has 1 aromatic carbocycles. The van der Waals surface area contributed by atoms with E-state index in [1.165, 1.54) is 12.3 Å². The zero-order chi connectivity index (χ0) is 14.5. The smallest absolute Gasteiger partial charge is 0.343 e. The van der Waals surface area contributed by atoms with Gasteiger partial charge in [-0.05, 0) is 30.2 Å². The molecule has 2 rings (SSSR count). The van der Waals surface area contributed by atoms with E-state index in [0.29, 0.717) is 23.7 Å². The molecule has 1 heterocycles. The number of nitrogens with one attached hydrogen (secondary N) is 2. The number of aromatic amines is 1. The van der Waals surface area contributed by atoms with Gasteiger partial charge in [-0.1, -0.05) is 23.7 Å². The normalized spacial score (nSPS) is 10.2. The molecular formula is C14H13ClN2O3. The molecule has 0 aliphatic heterocycles. The van der Waals surface area contributed by atoms with Crippen LogP contribution in [-0.2, 0) is 6.42 Å². The molecule has 0 saturated heterocycles. The summed E-state index contributed by atoms with van der Waals surface area (Å²) in [6.07, 6.45) is 2.09. The van der Waals surface area contributed by atoms with Gasteiger partial charge in [0, 0.05) is 17.8 Å². The average molecular weight is 293 g/mol. The lowest BCUT2D eigenvalue weighted by Gasteiger charge is -2.08. The Kier molecular flexibility index (Phi) is 4.42. The van der Waals surface area contributed by atoms with Gasteiger partial charge < -0.3 is 15.4 Å². The Morgan fingerprint density at radius 2 is 2.15 bits per heavy atom. The summed E-state index contributed by atoms with van der Waals surface area (Å²) in [7, 11) is 0. The average Bonchev–Trinajstić information content (AvgIpc) is 2.38. The van der Waals surface area contributed by atoms with E-state index in [9.17, 15) is 9.59 Å². The van der Waals surface area contributed by atoms with Crippen molar-refractivity contribution in [3.8, 4) is 0 Å². The molecule has 1 aromatic heterocycles. The molecule has 0 unspecified atom stereocenters. The van der Waals surface area contributed by atoms with Crippen LogP contribution >= 0.6 is 11.6 Å². The van der Waals surface area contributed by atoms with E-state index in [2.05, 4.69) is 10.3 Å². The molecule has 0 aliphatic rings. The van der Waals surface area contributed by atoms with Gasteiger partial charge in [0.15, 0.2) is 0 Å². The van der Waals surface area contributed by atoms with E-state index in [1.807, 2.05) is 18.2 Å². The van der Waals surface area contributed by atoms with Crippen molar-refractivity contribution in [1.82, 2.24) is 4.98 Å². The maximum absolute atomic E-state index is 11.5. The van der Waals surface area contributed by atoms with Gasteiger partial charge >= 0.3 is 5.97 Å². The molecule has 0 atom stereocenters. The number of benzene rings is 1. The monoisotopic (exact) mass is 292 g/mol. The van der Waals surface area contributed by atoms with E-state index in [4.69, 9.17) is 16.7 Å². The topological polar surface area (TPSA) is 82.2 Å². The number of hydrogen-bond donors (Lipinski definition) is 3. The minimum Gasteiger partial charge on any atom is -0.477 e. The van der Waals surface area contributed by atoms with E-state index in [0.717, 1.165) is 5.56 Å². The van der Waals surface area contributed by atoms with Crippen LogP contribution < -0.4 is 10.9 Å². The minimum absolute atomic E-state index is 0.279. The Morgan fingerprint density at radius 3 is 2.85 bits per heavy atom. The summed E-state index contributed by atoms with van der Waals surface area (Å²) in [5.41, 5.74) is 0.443. The van der Waals surface area contributed by atoms with Crippen molar-refractivity contribution in [1.29, 1.82) is 0 Å². The number of aromatic carboxylic acids is 1. The van der Waals surface area contributed by atoms with Crippen LogP contribution in [0.4, 0.5) is 5.69 Å². The van der Waals surface area contributed by atoms with Crippen molar-refractivity contribution < 1.29 is 9.90 Å². The summed E-state index contributed by atoms with van der Waals surface area (Å²) in [4.78, 5) is 24.9. The number of halogens is 1. The SMILES string of the molecule is O=C(O)c1c(NCCc2cccc(Cl)c2)cc[nH]c1=O. The fourth-order valence-corrected chi connectivity index (χ4v) is 2.09. The first-order chi connectivity index (χ1) is 9.58. The lowest BCUT2D eigenvalue weighted by atomic mass is 10.1. The second-order valence-electron chi connectivity index (χ2n) is 4.21. The molecule has 2 aromatic rings. The summed E-state index contributed by atoms with van der Waals surface area (Å²) >= 11 is 5.88. The van der Waals surface area contributed by atoms with Crippen LogP contribution in [0, 0.1) is 0 Å². The molecule has 0 bridgehead atoms. The molecule has 0 aliphatic carbocycles. The van der Waals surface area contributed by atoms with Gasteiger partial charge in [0.05, 0.1) is 5.69 Å². The first-order valence-corrected chi connectivity index (χ1v) is 6.39. The van der Waals surface area contributed by atoms with Crippen molar-refractivity contribution in [3.63, 3.8) is 0 Å². The van der Waals surface area contributed by atoms with Crippen LogP contribution in [0.5, 0.6) is 0 Å². The minimum atomic E-state index is -1.25. The molecule has 20 heavy (non-hydrogen) atoms. The maximum Gasteiger partial charge on any atom is 0.343 e. The second kappa shape index (κ2) is 6.25. The van der Waals surface area contributed by atoms with Crippen molar-refractivity contribution >= 4 is 23.3 Å². The largest absolute Gasteiger partial charge is 0.477 e. The van der Waals surface area contributed by atoms with E-state index < -0.39 is 11.5 Å². The van der Waals surface area contributed by atoms with E-state index >= 15 is 0 Å². The molecule has 0 fully saturated rings. The van der Waals surface area contributed by atoms with Crippen LogP contribution in [0.15, 0.2) is 41.3 Å². The third-order valence-corrected chi connectivity index (χ3v) is 3.03. The van der Waals surface area contributed by atoms with Gasteiger partial charge in [-0.2, -0.15) is 0 Å². The molecule has 5 nitrogen and oxygen atoms in total. The quantitative estimate of drug-likeness (QED) is 0.790. The van der Waals surface area contributed by atoms with Gasteiger partial charge in [0.1, 0.15) is 5.56 Å². The highest BCUT2D eigenvalue weighted by Crippen LogP contribution is 2.13. The molecule has 0 radical (unpaired) electrons. The summed E-state index contributed by atoms with van der Waals surface area (Å²) in [5.74, 6) is -1.25. The molecule has 0 spiro atoms. The van der Waals surface area contributed by atoms with Crippen molar-refractivity contribution in [2.24, 2.45) is 0 Å². The number of hydrogen-bond acceptors (Lipinski definition) is 3. The number of pyridine rings is 1. The number of anilines is 1. The van der Waals surface area contributed by atoms with Gasteiger partial charge in [-0.3, -0.25) is 4.79 Å². The number of aromatic nitrogens is 1. The van der Waals surface area contributed by atoms with Gasteiger partial charge in [-0.25, -0.2) is 4.79 Å². The van der Waals surface area contributed by atoms with Crippen molar-refractivity contribution in [2.45, 2.75) is 6.42 Å². The lowest BCUT2D eigenvalue weighted by Crippen LogP contribution is -2.20. The molecule has 0 saturated carbocycles. The Morgan fingerprint density at radius 1 is 1.35 bits per heavy atom. The Bertz CT molecular complexity index is 682. The third kappa shape index (κ3) is 3.39. The number of carboxylic acid groups (broad SMARTS) is 1. The predicted molar refractivity (Wildman–Crippen MR) is 77.7 cm³/mol. The first kappa shape index (κ1) is 14.1. The van der Waals surface area contributed by atoms with Crippen LogP contribution in [0.3, 0.4) is 0 Å². The van der Waals surface area contributed by atoms with Gasteiger partial charge in [0.2, 0.25) is 0 Å². The first-order valence-electron chi connectivity index (χ1n) is 6.01. The molecule has 104 valence electrons. The van der Waals surface area contributed by atoms with Gasteiger partial charge in [-0.15, -0.1) is 0 Å². The number of carbonyl (C=O) groups is 1. The zero-order valence-electron chi connectivity index (χ0n) is 10.5. The van der Waals surface area contributed by atoms with Crippen LogP contribution in [0.25, 0.3) is 0 Å². The second-order valence-corrected chi connectivity index (χ2v) is 4.64. The summed E-state index contributed by atoms with van der Waals surface area (Å²) < 4.78 is 0. The number of H-pyrrole nitrogens is 1. The maximum atomic E-state index is 11.5. The molecular weight excluding hydrogens is 280 g/mol. The fourth-order valence-electron chi connectivity index (χ4n) is 1.87. The van der Waals surface area contributed by atoms with Crippen molar-refractivity contribution in [3.05, 3.63) is 63.0 Å². The van der Waals surface area contributed by atoms with Crippen LogP contribution in [-0.4, -0.2) is 22.6 Å². The van der Waals surface area contributed by atoms with E-state index in [-0.39, 0.29) is 5.56 Å². The Balaban J connectivity index is 2.07. The highest BCUT2D eigenvalue weighted by Gasteiger charge is 2.13. The summed E-state index contributed by atoms with van der Waals surface area (Å²) in [6, 6.07) is 8.96. The molecule has 0 amide bonds. The number of carboxylic acids is 1. The highest BCUT2D eigenvalue weighted by atomic mass is 35.5. The summed E-state index contributed by atoms with van der Waals surface area (Å²) in [6.45, 7) is 0.504. The number of rotatable bonds is 5. The van der Waals surface area contributed by atoms with Crippen LogP contribution in [0.1, 0.15) is 15.9 Å². The Labute approximate surface area is 120 Å².